The van der Waals surface area contributed by atoms with Gasteiger partial charge in [0.2, 0.25) is 0 Å². The second-order valence-electron chi connectivity index (χ2n) is 0.101. The second kappa shape index (κ2) is 17.6. The van der Waals surface area contributed by atoms with E-state index in [2.05, 4.69) is 27.2 Å². The Kier molecular flexibility index (Phi) is 34.3. The maximum atomic E-state index is 3.25. The Morgan fingerprint density at radius 2 is 1.20 bits per heavy atom. The van der Waals surface area contributed by atoms with Crippen molar-refractivity contribution in [2.45, 2.75) is 13.8 Å². The molecular formula is C2H6Br2Zn. The van der Waals surface area contributed by atoms with Crippen LogP contribution in [0.25, 0.3) is 0 Å². The van der Waals surface area contributed by atoms with Crippen molar-refractivity contribution in [1.29, 1.82) is 0 Å². The minimum absolute atomic E-state index is 0.250. The summed E-state index contributed by atoms with van der Waals surface area (Å²) in [4.78, 5) is 0. The second-order valence-corrected chi connectivity index (χ2v) is 14.2. The van der Waals surface area contributed by atoms with Gasteiger partial charge in [-0.3, -0.25) is 0 Å². The third-order valence-electron chi connectivity index (χ3n) is 0. The molecule has 0 amide bonds. The summed E-state index contributed by atoms with van der Waals surface area (Å²) >= 11 is 6.25. The first-order valence-electron chi connectivity index (χ1n) is 1.53. The molecule has 0 saturated heterocycles. The van der Waals surface area contributed by atoms with Crippen LogP contribution in [0.4, 0.5) is 0 Å². The fraction of sp³-hybridized carbons (Fsp3) is 1.00. The molecule has 3 heteroatoms. The van der Waals surface area contributed by atoms with E-state index in [1.165, 1.54) is 0 Å². The van der Waals surface area contributed by atoms with Gasteiger partial charge in [0.1, 0.15) is 0 Å². The SMILES string of the molecule is CC.[Br][Zn][Br]. The normalized spacial score (nSPS) is 3.20. The molecule has 0 rings (SSSR count). The number of hydrogen-bond donors (Lipinski definition) is 0. The first kappa shape index (κ1) is 9.77. The Hall–Kier alpha value is 1.58. The summed E-state index contributed by atoms with van der Waals surface area (Å²) in [5.74, 6) is 0. The van der Waals surface area contributed by atoms with Crippen molar-refractivity contribution in [3.8, 4) is 0 Å². The van der Waals surface area contributed by atoms with Crippen molar-refractivity contribution in [2.75, 3.05) is 0 Å². The van der Waals surface area contributed by atoms with E-state index in [1.807, 2.05) is 13.8 Å². The molecule has 0 unspecified atom stereocenters. The van der Waals surface area contributed by atoms with Gasteiger partial charge in [-0.15, -0.1) is 0 Å². The van der Waals surface area contributed by atoms with Gasteiger partial charge < -0.3 is 0 Å². The molecule has 0 spiro atoms. The van der Waals surface area contributed by atoms with E-state index < -0.39 is 0 Å². The third-order valence-corrected chi connectivity index (χ3v) is 0. The molecular weight excluding hydrogens is 249 g/mol. The van der Waals surface area contributed by atoms with Crippen molar-refractivity contribution in [2.24, 2.45) is 0 Å². The van der Waals surface area contributed by atoms with Gasteiger partial charge >= 0.3 is 40.5 Å². The van der Waals surface area contributed by atoms with Gasteiger partial charge in [0.05, 0.1) is 0 Å². The van der Waals surface area contributed by atoms with Crippen LogP contribution in [0.2, 0.25) is 0 Å². The summed E-state index contributed by atoms with van der Waals surface area (Å²) in [5, 5.41) is 0. The zero-order chi connectivity index (χ0) is 4.71. The molecule has 0 N–H and O–H groups in total. The molecule has 0 bridgehead atoms. The van der Waals surface area contributed by atoms with Crippen LogP contribution >= 0.6 is 27.2 Å². The van der Waals surface area contributed by atoms with E-state index in [0.717, 1.165) is 0 Å². The molecule has 0 atom stereocenters. The fourth-order valence-corrected chi connectivity index (χ4v) is 0. The molecule has 0 nitrogen and oxygen atoms in total. The predicted molar refractivity (Wildman–Crippen MR) is 29.2 cm³/mol. The zero-order valence-corrected chi connectivity index (χ0v) is 9.60. The Bertz CT molecular complexity index is 7.61. The first-order valence-corrected chi connectivity index (χ1v) is 15.4. The van der Waals surface area contributed by atoms with E-state index in [1.54, 1.807) is 0 Å². The average Bonchev–Trinajstić information content (AvgIpc) is 1.46. The van der Waals surface area contributed by atoms with Crippen LogP contribution in [0.15, 0.2) is 0 Å². The molecule has 0 aliphatic rings. The number of hydrogen-bond acceptors (Lipinski definition) is 0. The Morgan fingerprint density at radius 1 is 1.20 bits per heavy atom. The van der Waals surface area contributed by atoms with Crippen LogP contribution in [-0.2, 0) is 13.2 Å². The predicted octanol–water partition coefficient (Wildman–Crippen LogP) is 2.71. The average molecular weight is 255 g/mol. The van der Waals surface area contributed by atoms with Gasteiger partial charge in [0.25, 0.3) is 0 Å². The molecule has 0 radical (unpaired) electrons. The van der Waals surface area contributed by atoms with Gasteiger partial charge in [-0.1, -0.05) is 13.8 Å². The fourth-order valence-electron chi connectivity index (χ4n) is 0. The minimum atomic E-state index is -0.250. The zero-order valence-electron chi connectivity index (χ0n) is 3.46. The van der Waals surface area contributed by atoms with Crippen molar-refractivity contribution in [1.82, 2.24) is 0 Å². The van der Waals surface area contributed by atoms with Gasteiger partial charge in [0.15, 0.2) is 0 Å². The monoisotopic (exact) mass is 252 g/mol. The quantitative estimate of drug-likeness (QED) is 0.584. The van der Waals surface area contributed by atoms with E-state index in [4.69, 9.17) is 0 Å². The number of rotatable bonds is 0. The van der Waals surface area contributed by atoms with E-state index in [0.29, 0.717) is 0 Å². The molecule has 0 aromatic carbocycles. The van der Waals surface area contributed by atoms with Gasteiger partial charge in [-0.05, 0) is 0 Å². The van der Waals surface area contributed by atoms with E-state index in [-0.39, 0.29) is 13.2 Å². The van der Waals surface area contributed by atoms with Crippen LogP contribution in [0.3, 0.4) is 0 Å². The summed E-state index contributed by atoms with van der Waals surface area (Å²) in [6, 6.07) is 0. The molecule has 30 valence electrons. The van der Waals surface area contributed by atoms with E-state index >= 15 is 0 Å². The van der Waals surface area contributed by atoms with Crippen molar-refractivity contribution < 1.29 is 13.2 Å². The standard InChI is InChI=1S/C2H6.2BrH.Zn/c1-2;;;/h1-2H3;2*1H;/q;;;+2/p-2. The summed E-state index contributed by atoms with van der Waals surface area (Å²) in [6.45, 7) is 4.00. The van der Waals surface area contributed by atoms with Crippen LogP contribution in [0, 0.1) is 0 Å². The van der Waals surface area contributed by atoms with Crippen LogP contribution in [0.1, 0.15) is 13.8 Å². The van der Waals surface area contributed by atoms with E-state index in [9.17, 15) is 0 Å². The van der Waals surface area contributed by atoms with Gasteiger partial charge in [-0.2, -0.15) is 0 Å². The molecule has 0 aliphatic heterocycles. The van der Waals surface area contributed by atoms with Crippen molar-refractivity contribution >= 4 is 27.2 Å². The Balaban J connectivity index is 0. The molecule has 0 fully saturated rings. The maximum absolute atomic E-state index is 3.25. The van der Waals surface area contributed by atoms with Crippen LogP contribution < -0.4 is 0 Å². The van der Waals surface area contributed by atoms with Gasteiger partial charge in [0, 0.05) is 0 Å². The molecule has 5 heavy (non-hydrogen) atoms. The number of halogens is 2. The van der Waals surface area contributed by atoms with Crippen LogP contribution in [-0.4, -0.2) is 0 Å². The topological polar surface area (TPSA) is 0 Å². The van der Waals surface area contributed by atoms with Crippen molar-refractivity contribution in [3.05, 3.63) is 0 Å². The van der Waals surface area contributed by atoms with Crippen LogP contribution in [0.5, 0.6) is 0 Å². The Morgan fingerprint density at radius 3 is 1.20 bits per heavy atom. The molecule has 0 aromatic heterocycles. The van der Waals surface area contributed by atoms with Gasteiger partial charge in [-0.25, -0.2) is 0 Å². The summed E-state index contributed by atoms with van der Waals surface area (Å²) in [6.07, 6.45) is 0. The summed E-state index contributed by atoms with van der Waals surface area (Å²) in [7, 11) is 0. The molecule has 0 aliphatic carbocycles. The molecule has 0 heterocycles. The van der Waals surface area contributed by atoms with Crippen molar-refractivity contribution in [3.63, 3.8) is 0 Å². The first-order chi connectivity index (χ1) is 2.41. The Labute approximate surface area is 54.0 Å². The molecule has 0 saturated carbocycles. The summed E-state index contributed by atoms with van der Waals surface area (Å²) in [5.41, 5.74) is 0. The third kappa shape index (κ3) is 28.6. The molecule has 0 aromatic rings. The summed E-state index contributed by atoms with van der Waals surface area (Å²) < 4.78 is 0.